The summed E-state index contributed by atoms with van der Waals surface area (Å²) >= 11 is 1.40. The largest absolute Gasteiger partial charge is 0.461 e. The fourth-order valence-corrected chi connectivity index (χ4v) is 4.77. The van der Waals surface area contributed by atoms with Crippen LogP contribution in [0.3, 0.4) is 0 Å². The molecule has 9 heteroatoms. The average Bonchev–Trinajstić information content (AvgIpc) is 3.38. The van der Waals surface area contributed by atoms with Gasteiger partial charge in [-0.15, -0.1) is 11.8 Å². The lowest BCUT2D eigenvalue weighted by Crippen LogP contribution is -2.39. The van der Waals surface area contributed by atoms with Crippen molar-refractivity contribution in [3.8, 4) is 11.6 Å². The van der Waals surface area contributed by atoms with E-state index in [9.17, 15) is 9.59 Å². The molecular weight excluding hydrogens is 450 g/mol. The lowest BCUT2D eigenvalue weighted by Gasteiger charge is -2.30. The zero-order chi connectivity index (χ0) is 24.1. The number of aryl methyl sites for hydroxylation is 1. The second-order valence-electron chi connectivity index (χ2n) is 8.41. The molecule has 1 fully saturated rings. The molecule has 0 aliphatic carbocycles. The first-order chi connectivity index (χ1) is 16.4. The van der Waals surface area contributed by atoms with Crippen LogP contribution in [0.2, 0.25) is 0 Å². The van der Waals surface area contributed by atoms with Gasteiger partial charge in [-0.2, -0.15) is 0 Å². The summed E-state index contributed by atoms with van der Waals surface area (Å²) in [4.78, 5) is 35.7. The number of hydrogen-bond donors (Lipinski definition) is 2. The van der Waals surface area contributed by atoms with E-state index in [1.165, 1.54) is 17.3 Å². The maximum absolute atomic E-state index is 13.0. The quantitative estimate of drug-likeness (QED) is 0.373. The Morgan fingerprint density at radius 3 is 2.53 bits per heavy atom. The van der Waals surface area contributed by atoms with E-state index in [-0.39, 0.29) is 17.7 Å². The number of piperidine rings is 1. The number of amides is 2. The van der Waals surface area contributed by atoms with E-state index in [4.69, 9.17) is 10.2 Å². The molecule has 1 aliphatic heterocycles. The Balaban J connectivity index is 1.36. The zero-order valence-corrected chi connectivity index (χ0v) is 20.2. The Morgan fingerprint density at radius 2 is 1.91 bits per heavy atom. The predicted octanol–water partition coefficient (Wildman–Crippen LogP) is 3.76. The van der Waals surface area contributed by atoms with Gasteiger partial charge >= 0.3 is 0 Å². The van der Waals surface area contributed by atoms with Crippen LogP contribution in [0.5, 0.6) is 0 Å². The Morgan fingerprint density at radius 1 is 1.18 bits per heavy atom. The first kappa shape index (κ1) is 24.0. The van der Waals surface area contributed by atoms with Gasteiger partial charge in [0.1, 0.15) is 5.03 Å². The van der Waals surface area contributed by atoms with E-state index in [1.807, 2.05) is 30.5 Å². The van der Waals surface area contributed by atoms with Crippen LogP contribution in [-0.2, 0) is 11.2 Å². The van der Waals surface area contributed by atoms with Gasteiger partial charge in [0.25, 0.3) is 5.91 Å². The molecule has 0 spiro atoms. The smallest absolute Gasteiger partial charge is 0.260 e. The van der Waals surface area contributed by atoms with E-state index >= 15 is 0 Å². The van der Waals surface area contributed by atoms with Crippen molar-refractivity contribution in [1.29, 1.82) is 0 Å². The number of hydrogen-bond acceptors (Lipinski definition) is 7. The zero-order valence-electron chi connectivity index (χ0n) is 19.4. The van der Waals surface area contributed by atoms with Crippen LogP contribution < -0.4 is 11.1 Å². The predicted molar refractivity (Wildman–Crippen MR) is 133 cm³/mol. The highest BCUT2D eigenvalue weighted by Gasteiger charge is 2.23. The monoisotopic (exact) mass is 479 g/mol. The van der Waals surface area contributed by atoms with Crippen LogP contribution in [0, 0.1) is 12.8 Å². The summed E-state index contributed by atoms with van der Waals surface area (Å²) in [5.41, 5.74) is 8.39. The number of carbonyl (C=O) groups excluding carboxylic acids is 2. The minimum Gasteiger partial charge on any atom is -0.461 e. The maximum atomic E-state index is 13.0. The van der Waals surface area contributed by atoms with Gasteiger partial charge in [0.05, 0.1) is 17.5 Å². The third kappa shape index (κ3) is 5.66. The average molecular weight is 480 g/mol. The third-order valence-electron chi connectivity index (χ3n) is 6.14. The van der Waals surface area contributed by atoms with Gasteiger partial charge in [0.2, 0.25) is 5.91 Å². The number of primary amides is 1. The van der Waals surface area contributed by atoms with E-state index < -0.39 is 0 Å². The van der Waals surface area contributed by atoms with Crippen molar-refractivity contribution in [3.05, 3.63) is 59.5 Å². The van der Waals surface area contributed by atoms with Crippen LogP contribution in [0.15, 0.2) is 52.1 Å². The molecule has 34 heavy (non-hydrogen) atoms. The first-order valence-electron chi connectivity index (χ1n) is 11.3. The normalized spacial score (nSPS) is 14.8. The highest BCUT2D eigenvalue weighted by Crippen LogP contribution is 2.26. The Labute approximate surface area is 203 Å². The molecule has 0 bridgehead atoms. The molecule has 178 valence electrons. The second kappa shape index (κ2) is 10.8. The number of anilines is 1. The van der Waals surface area contributed by atoms with Crippen molar-refractivity contribution in [2.75, 3.05) is 31.2 Å². The molecule has 1 aromatic carbocycles. The summed E-state index contributed by atoms with van der Waals surface area (Å²) in [6.07, 6.45) is 6.04. The third-order valence-corrected chi connectivity index (χ3v) is 6.82. The molecule has 2 aromatic heterocycles. The fourth-order valence-electron chi connectivity index (χ4n) is 4.15. The van der Waals surface area contributed by atoms with E-state index in [0.29, 0.717) is 27.9 Å². The number of furan rings is 1. The van der Waals surface area contributed by atoms with Crippen LogP contribution in [-0.4, -0.2) is 52.6 Å². The molecule has 1 aliphatic rings. The summed E-state index contributed by atoms with van der Waals surface area (Å²) in [6, 6.07) is 11.5. The molecule has 0 saturated carbocycles. The first-order valence-corrected chi connectivity index (χ1v) is 12.6. The molecule has 8 nitrogen and oxygen atoms in total. The lowest BCUT2D eigenvalue weighted by molar-refractivity contribution is -0.123. The van der Waals surface area contributed by atoms with Crippen molar-refractivity contribution in [2.45, 2.75) is 31.2 Å². The standard InChI is InChI=1S/C25H29N5O3S/c1-16-21(25(34-2)29-23(27-16)20-4-3-15-33-20)24(32)28-19-7-5-17(6-8-19)9-12-30-13-10-18(11-14-30)22(26)31/h3-8,15,18H,9-14H2,1-2H3,(H2,26,31)(H,28,32). The van der Waals surface area contributed by atoms with Crippen LogP contribution in [0.1, 0.15) is 34.5 Å². The van der Waals surface area contributed by atoms with Gasteiger partial charge in [-0.05, 0) is 75.4 Å². The molecule has 0 unspecified atom stereocenters. The maximum Gasteiger partial charge on any atom is 0.260 e. The number of thioether (sulfide) groups is 1. The summed E-state index contributed by atoms with van der Waals surface area (Å²) in [5.74, 6) is 0.626. The molecule has 4 rings (SSSR count). The number of benzene rings is 1. The van der Waals surface area contributed by atoms with Crippen molar-refractivity contribution < 1.29 is 14.0 Å². The number of likely N-dealkylation sites (tertiary alicyclic amines) is 1. The number of nitrogens with two attached hydrogens (primary N) is 1. The summed E-state index contributed by atoms with van der Waals surface area (Å²) in [6.45, 7) is 4.55. The Hall–Kier alpha value is -3.17. The van der Waals surface area contributed by atoms with E-state index in [2.05, 4.69) is 20.2 Å². The molecule has 0 atom stereocenters. The van der Waals surface area contributed by atoms with Gasteiger partial charge in [-0.3, -0.25) is 9.59 Å². The van der Waals surface area contributed by atoms with Crippen LogP contribution >= 0.6 is 11.8 Å². The molecular formula is C25H29N5O3S. The van der Waals surface area contributed by atoms with Crippen molar-refractivity contribution >= 4 is 29.3 Å². The van der Waals surface area contributed by atoms with Gasteiger partial charge in [-0.25, -0.2) is 9.97 Å². The van der Waals surface area contributed by atoms with Gasteiger partial charge in [0, 0.05) is 18.2 Å². The number of rotatable bonds is 8. The van der Waals surface area contributed by atoms with Crippen molar-refractivity contribution in [2.24, 2.45) is 11.7 Å². The van der Waals surface area contributed by atoms with E-state index in [1.54, 1.807) is 25.3 Å². The molecule has 3 aromatic rings. The van der Waals surface area contributed by atoms with Gasteiger partial charge in [0.15, 0.2) is 11.6 Å². The minimum atomic E-state index is -0.238. The highest BCUT2D eigenvalue weighted by atomic mass is 32.2. The number of carbonyl (C=O) groups is 2. The minimum absolute atomic E-state index is 0.0150. The number of aromatic nitrogens is 2. The van der Waals surface area contributed by atoms with Crippen LogP contribution in [0.25, 0.3) is 11.6 Å². The molecule has 1 saturated heterocycles. The molecule has 0 radical (unpaired) electrons. The Bertz CT molecular complexity index is 1140. The van der Waals surface area contributed by atoms with Crippen molar-refractivity contribution in [1.82, 2.24) is 14.9 Å². The fraction of sp³-hybridized carbons (Fsp3) is 0.360. The molecule has 2 amide bonds. The SMILES string of the molecule is CSc1nc(-c2ccco2)nc(C)c1C(=O)Nc1ccc(CCN2CCC(C(N)=O)CC2)cc1. The van der Waals surface area contributed by atoms with Gasteiger partial charge in [-0.1, -0.05) is 12.1 Å². The number of nitrogens with one attached hydrogen (secondary N) is 1. The summed E-state index contributed by atoms with van der Waals surface area (Å²) < 4.78 is 5.40. The molecule has 3 N–H and O–H groups in total. The lowest BCUT2D eigenvalue weighted by atomic mass is 9.96. The van der Waals surface area contributed by atoms with Gasteiger partial charge < -0.3 is 20.4 Å². The second-order valence-corrected chi connectivity index (χ2v) is 9.21. The van der Waals surface area contributed by atoms with E-state index in [0.717, 1.165) is 44.6 Å². The topological polar surface area (TPSA) is 114 Å². The Kier molecular flexibility index (Phi) is 7.64. The van der Waals surface area contributed by atoms with Crippen LogP contribution in [0.4, 0.5) is 5.69 Å². The summed E-state index contributed by atoms with van der Waals surface area (Å²) in [5, 5.41) is 3.57. The highest BCUT2D eigenvalue weighted by molar-refractivity contribution is 7.98. The molecule has 3 heterocycles. The summed E-state index contributed by atoms with van der Waals surface area (Å²) in [7, 11) is 0. The number of nitrogens with zero attached hydrogens (tertiary/aromatic N) is 3. The van der Waals surface area contributed by atoms with Crippen molar-refractivity contribution in [3.63, 3.8) is 0 Å².